The minimum Gasteiger partial charge on any atom is -0.341 e. The molecule has 0 aliphatic carbocycles. The summed E-state index contributed by atoms with van der Waals surface area (Å²) in [6, 6.07) is 13.4. The van der Waals surface area contributed by atoms with Gasteiger partial charge in [-0.2, -0.15) is 0 Å². The van der Waals surface area contributed by atoms with Crippen LogP contribution in [0.3, 0.4) is 0 Å². The predicted molar refractivity (Wildman–Crippen MR) is 114 cm³/mol. The lowest BCUT2D eigenvalue weighted by Crippen LogP contribution is -2.27. The quantitative estimate of drug-likeness (QED) is 0.585. The molecule has 0 unspecified atom stereocenters. The van der Waals surface area contributed by atoms with Crippen LogP contribution in [0.25, 0.3) is 5.69 Å². The van der Waals surface area contributed by atoms with Crippen molar-refractivity contribution in [3.8, 4) is 5.69 Å². The molecule has 1 aromatic heterocycles. The van der Waals surface area contributed by atoms with Gasteiger partial charge in [-0.05, 0) is 42.8 Å². The molecule has 0 aliphatic rings. The van der Waals surface area contributed by atoms with Crippen LogP contribution in [0, 0.1) is 12.7 Å². The topological polar surface area (TPSA) is 80.1 Å². The van der Waals surface area contributed by atoms with Crippen LogP contribution in [0.1, 0.15) is 18.3 Å². The average molecular weight is 428 g/mol. The summed E-state index contributed by atoms with van der Waals surface area (Å²) in [7, 11) is 1.71. The van der Waals surface area contributed by atoms with Gasteiger partial charge < -0.3 is 10.2 Å². The van der Waals surface area contributed by atoms with E-state index < -0.39 is 0 Å². The van der Waals surface area contributed by atoms with Crippen molar-refractivity contribution in [3.05, 3.63) is 65.7 Å². The van der Waals surface area contributed by atoms with Gasteiger partial charge in [-0.15, -0.1) is 10.2 Å². The van der Waals surface area contributed by atoms with E-state index in [1.54, 1.807) is 30.1 Å². The van der Waals surface area contributed by atoms with Gasteiger partial charge in [0.05, 0.1) is 11.4 Å². The molecule has 7 nitrogen and oxygen atoms in total. The lowest BCUT2D eigenvalue weighted by Gasteiger charge is -2.17. The summed E-state index contributed by atoms with van der Waals surface area (Å²) >= 11 is 1.28. The molecule has 3 aromatic rings. The summed E-state index contributed by atoms with van der Waals surface area (Å²) in [4.78, 5) is 25.5. The van der Waals surface area contributed by atoms with Crippen molar-refractivity contribution in [1.29, 1.82) is 0 Å². The lowest BCUT2D eigenvalue weighted by molar-refractivity contribution is -0.127. The lowest BCUT2D eigenvalue weighted by atomic mass is 10.2. The Morgan fingerprint density at radius 1 is 1.17 bits per heavy atom. The first-order valence-corrected chi connectivity index (χ1v) is 10.2. The van der Waals surface area contributed by atoms with E-state index in [1.807, 2.05) is 29.7 Å². The fourth-order valence-corrected chi connectivity index (χ4v) is 3.79. The summed E-state index contributed by atoms with van der Waals surface area (Å²) < 4.78 is 14.9. The molecule has 1 heterocycles. The number of thioether (sulfide) groups is 1. The molecule has 0 atom stereocenters. The molecule has 0 radical (unpaired) electrons. The minimum atomic E-state index is -0.305. The van der Waals surface area contributed by atoms with Gasteiger partial charge in [0.1, 0.15) is 11.6 Å². The highest BCUT2D eigenvalue weighted by molar-refractivity contribution is 7.99. The number of aryl methyl sites for hydroxylation is 1. The molecule has 30 heavy (non-hydrogen) atoms. The number of anilines is 1. The van der Waals surface area contributed by atoms with Crippen LogP contribution in [0.5, 0.6) is 0 Å². The molecule has 0 saturated heterocycles. The Kier molecular flexibility index (Phi) is 6.83. The number of nitrogens with zero attached hydrogens (tertiary/aromatic N) is 4. The number of hydrogen-bond donors (Lipinski definition) is 1. The molecule has 0 saturated carbocycles. The molecule has 0 bridgehead atoms. The first kappa shape index (κ1) is 21.5. The largest absolute Gasteiger partial charge is 0.341 e. The minimum absolute atomic E-state index is 0.0801. The van der Waals surface area contributed by atoms with E-state index in [0.29, 0.717) is 23.2 Å². The normalized spacial score (nSPS) is 10.7. The van der Waals surface area contributed by atoms with Gasteiger partial charge in [0.25, 0.3) is 0 Å². The molecular formula is C21H22FN5O2S. The Balaban J connectivity index is 1.68. The zero-order valence-electron chi connectivity index (χ0n) is 16.9. The second-order valence-corrected chi connectivity index (χ2v) is 7.70. The number of amides is 2. The van der Waals surface area contributed by atoms with E-state index in [-0.39, 0.29) is 23.4 Å². The Hall–Kier alpha value is -3.20. The summed E-state index contributed by atoms with van der Waals surface area (Å²) in [5, 5.41) is 11.6. The van der Waals surface area contributed by atoms with Crippen molar-refractivity contribution in [2.75, 3.05) is 18.1 Å². The molecule has 2 aromatic carbocycles. The number of carbonyl (C=O) groups is 2. The highest BCUT2D eigenvalue weighted by Gasteiger charge is 2.16. The van der Waals surface area contributed by atoms with Gasteiger partial charge >= 0.3 is 0 Å². The highest BCUT2D eigenvalue weighted by atomic mass is 32.2. The number of halogens is 1. The molecule has 9 heteroatoms. The van der Waals surface area contributed by atoms with Gasteiger partial charge in [0.15, 0.2) is 5.16 Å². The van der Waals surface area contributed by atoms with Crippen LogP contribution in [-0.2, 0) is 16.1 Å². The Labute approximate surface area is 178 Å². The number of carbonyl (C=O) groups excluding carboxylic acids is 2. The zero-order valence-corrected chi connectivity index (χ0v) is 17.7. The third-order valence-electron chi connectivity index (χ3n) is 4.30. The van der Waals surface area contributed by atoms with E-state index in [1.165, 1.54) is 30.8 Å². The summed E-state index contributed by atoms with van der Waals surface area (Å²) in [6.45, 7) is 3.67. The van der Waals surface area contributed by atoms with Crippen LogP contribution in [-0.4, -0.2) is 44.3 Å². The molecule has 0 aliphatic heterocycles. The molecule has 0 fully saturated rings. The first-order chi connectivity index (χ1) is 14.3. The smallest absolute Gasteiger partial charge is 0.233 e. The van der Waals surface area contributed by atoms with Gasteiger partial charge in [-0.3, -0.25) is 14.2 Å². The van der Waals surface area contributed by atoms with Gasteiger partial charge in [-0.25, -0.2) is 4.39 Å². The van der Waals surface area contributed by atoms with Crippen molar-refractivity contribution >= 4 is 29.3 Å². The maximum atomic E-state index is 13.0. The third kappa shape index (κ3) is 5.44. The first-order valence-electron chi connectivity index (χ1n) is 9.24. The van der Waals surface area contributed by atoms with E-state index in [0.717, 1.165) is 11.3 Å². The van der Waals surface area contributed by atoms with Crippen LogP contribution < -0.4 is 5.32 Å². The Morgan fingerprint density at radius 2 is 1.90 bits per heavy atom. The molecule has 3 rings (SSSR count). The van der Waals surface area contributed by atoms with Crippen molar-refractivity contribution in [2.24, 2.45) is 0 Å². The number of rotatable bonds is 7. The van der Waals surface area contributed by atoms with E-state index in [4.69, 9.17) is 0 Å². The van der Waals surface area contributed by atoms with Gasteiger partial charge in [0, 0.05) is 26.2 Å². The van der Waals surface area contributed by atoms with Crippen molar-refractivity contribution in [1.82, 2.24) is 19.7 Å². The standard InChI is InChI=1S/C21H22FN5O2S/c1-14-24-25-21(27(14)19-6-4-5-18(11-19)23-15(2)28)30-13-20(29)26(3)12-16-7-9-17(22)10-8-16/h4-11H,12-13H2,1-3H3,(H,23,28). The Bertz CT molecular complexity index is 1050. The van der Waals surface area contributed by atoms with Crippen LogP contribution in [0.2, 0.25) is 0 Å². The second-order valence-electron chi connectivity index (χ2n) is 6.76. The number of benzene rings is 2. The van der Waals surface area contributed by atoms with Crippen LogP contribution in [0.4, 0.5) is 10.1 Å². The number of hydrogen-bond acceptors (Lipinski definition) is 5. The van der Waals surface area contributed by atoms with Gasteiger partial charge in [0.2, 0.25) is 11.8 Å². The van der Waals surface area contributed by atoms with Gasteiger partial charge in [-0.1, -0.05) is 30.0 Å². The average Bonchev–Trinajstić information content (AvgIpc) is 3.08. The molecule has 1 N–H and O–H groups in total. The maximum Gasteiger partial charge on any atom is 0.233 e. The summed E-state index contributed by atoms with van der Waals surface area (Å²) in [5.41, 5.74) is 2.31. The molecule has 0 spiro atoms. The monoisotopic (exact) mass is 427 g/mol. The van der Waals surface area contributed by atoms with E-state index >= 15 is 0 Å². The van der Waals surface area contributed by atoms with Crippen molar-refractivity contribution in [3.63, 3.8) is 0 Å². The molecular weight excluding hydrogens is 405 g/mol. The highest BCUT2D eigenvalue weighted by Crippen LogP contribution is 2.24. The Morgan fingerprint density at radius 3 is 2.60 bits per heavy atom. The van der Waals surface area contributed by atoms with Crippen LogP contribution >= 0.6 is 11.8 Å². The van der Waals surface area contributed by atoms with E-state index in [9.17, 15) is 14.0 Å². The van der Waals surface area contributed by atoms with Crippen LogP contribution in [0.15, 0.2) is 53.7 Å². The SMILES string of the molecule is CC(=O)Nc1cccc(-n2c(C)nnc2SCC(=O)N(C)Cc2ccc(F)cc2)c1. The second kappa shape index (κ2) is 9.53. The molecule has 156 valence electrons. The fourth-order valence-electron chi connectivity index (χ4n) is 2.85. The zero-order chi connectivity index (χ0) is 21.7. The number of aromatic nitrogens is 3. The van der Waals surface area contributed by atoms with Crippen molar-refractivity contribution in [2.45, 2.75) is 25.5 Å². The summed E-state index contributed by atoms with van der Waals surface area (Å²) in [6.07, 6.45) is 0. The fraction of sp³-hybridized carbons (Fsp3) is 0.238. The van der Waals surface area contributed by atoms with E-state index in [2.05, 4.69) is 15.5 Å². The van der Waals surface area contributed by atoms with Crippen molar-refractivity contribution < 1.29 is 14.0 Å². The predicted octanol–water partition coefficient (Wildman–Crippen LogP) is 3.42. The third-order valence-corrected chi connectivity index (χ3v) is 5.22. The number of nitrogens with one attached hydrogen (secondary N) is 1. The molecule has 2 amide bonds. The maximum absolute atomic E-state index is 13.0. The summed E-state index contributed by atoms with van der Waals surface area (Å²) in [5.74, 6) is 0.312.